The van der Waals surface area contributed by atoms with Gasteiger partial charge in [-0.25, -0.2) is 0 Å². The van der Waals surface area contributed by atoms with Crippen LogP contribution in [-0.2, 0) is 0 Å². The van der Waals surface area contributed by atoms with Gasteiger partial charge >= 0.3 is 0 Å². The van der Waals surface area contributed by atoms with Gasteiger partial charge in [-0.15, -0.1) is 0 Å². The Balaban J connectivity index is 1.84. The first-order valence-electron chi connectivity index (χ1n) is 9.84. The van der Waals surface area contributed by atoms with Gasteiger partial charge in [-0.1, -0.05) is 95.1 Å². The van der Waals surface area contributed by atoms with Crippen LogP contribution in [0.5, 0.6) is 17.2 Å². The van der Waals surface area contributed by atoms with E-state index in [2.05, 4.69) is 0 Å². The normalized spacial score (nSPS) is 10.6. The zero-order chi connectivity index (χ0) is 24.5. The fourth-order valence-corrected chi connectivity index (χ4v) is 16.6. The zero-order valence-electron chi connectivity index (χ0n) is 18.5. The minimum atomic E-state index is -0.912. The maximum Gasteiger partial charge on any atom is 0.128 e. The number of methoxy groups -OCH3 is 3. The van der Waals surface area contributed by atoms with Crippen molar-refractivity contribution >= 4 is 88.9 Å². The van der Waals surface area contributed by atoms with Gasteiger partial charge in [-0.3, -0.25) is 0 Å². The van der Waals surface area contributed by atoms with E-state index in [9.17, 15) is 0 Å². The molecule has 3 aromatic carbocycles. The quantitative estimate of drug-likeness (QED) is 0.182. The third kappa shape index (κ3) is 7.40. The second-order valence-electron chi connectivity index (χ2n) is 6.49. The molecule has 3 aromatic rings. The number of hydrogen-bond acceptors (Lipinski definition) is 9. The fraction of sp³-hybridized carbons (Fsp3) is 0.125. The van der Waals surface area contributed by atoms with E-state index in [4.69, 9.17) is 50.9 Å². The summed E-state index contributed by atoms with van der Waals surface area (Å²) in [5.74, 6) is 2.28. The Morgan fingerprint density at radius 2 is 1.03 bits per heavy atom. The Hall–Kier alpha value is -1.19. The van der Waals surface area contributed by atoms with Crippen LogP contribution in [0, 0.1) is 0 Å². The van der Waals surface area contributed by atoms with E-state index in [1.54, 1.807) is 55.5 Å². The maximum atomic E-state index is 5.82. The number of hydrogen-bond donors (Lipinski definition) is 0. The molecule has 0 aliphatic rings. The molecule has 0 amide bonds. The summed E-state index contributed by atoms with van der Waals surface area (Å²) in [4.78, 5) is 0. The molecule has 3 nitrogen and oxygen atoms in total. The van der Waals surface area contributed by atoms with Crippen molar-refractivity contribution in [3.05, 3.63) is 89.5 Å². The maximum absolute atomic E-state index is 5.82. The van der Waals surface area contributed by atoms with Crippen LogP contribution in [0.4, 0.5) is 0 Å². The summed E-state index contributed by atoms with van der Waals surface area (Å²) in [5.41, 5.74) is 1.82. The number of rotatable bonds is 9. The van der Waals surface area contributed by atoms with Gasteiger partial charge in [-0.05, 0) is 54.1 Å². The molecule has 0 heterocycles. The second-order valence-corrected chi connectivity index (χ2v) is 17.7. The lowest BCUT2D eigenvalue weighted by Crippen LogP contribution is -1.98. The molecule has 176 valence electrons. The Morgan fingerprint density at radius 3 is 1.47 bits per heavy atom. The number of para-hydroxylation sites is 2. The van der Waals surface area contributed by atoms with E-state index < -0.39 is 5.53 Å². The standard InChI is InChI=1S/C24H21O3PS6/c1-25-17-14-12-16(13-15-17)22(29)32-28(33-23(30)18-8-4-6-10-20(18)26-2)34-24(31)19-9-5-7-11-21(19)27-3/h4-15H,1-3H3. The van der Waals surface area contributed by atoms with Crippen LogP contribution in [0.2, 0.25) is 0 Å². The summed E-state index contributed by atoms with van der Waals surface area (Å²) in [6.07, 6.45) is 0. The average Bonchev–Trinajstić information content (AvgIpc) is 2.88. The Morgan fingerprint density at radius 1 is 0.588 bits per heavy atom. The number of benzene rings is 3. The Kier molecular flexibility index (Phi) is 11.1. The van der Waals surface area contributed by atoms with Crippen LogP contribution >= 0.6 is 76.3 Å². The van der Waals surface area contributed by atoms with Crippen molar-refractivity contribution in [2.75, 3.05) is 21.3 Å². The topological polar surface area (TPSA) is 27.7 Å². The summed E-state index contributed by atoms with van der Waals surface area (Å²) in [6, 6.07) is 23.3. The SMILES string of the molecule is COc1ccc(C(=S)SP(SC(=S)c2ccccc2OC)SC(=S)c2ccccc2OC)cc1. The van der Waals surface area contributed by atoms with E-state index in [1.165, 1.54) is 0 Å². The summed E-state index contributed by atoms with van der Waals surface area (Å²) < 4.78 is 18.5. The Bertz CT molecular complexity index is 1110. The van der Waals surface area contributed by atoms with Crippen molar-refractivity contribution in [2.24, 2.45) is 0 Å². The van der Waals surface area contributed by atoms with Crippen LogP contribution < -0.4 is 14.2 Å². The van der Waals surface area contributed by atoms with E-state index in [1.807, 2.05) is 72.8 Å². The molecule has 0 spiro atoms. The first-order valence-corrected chi connectivity index (χ1v) is 16.7. The van der Waals surface area contributed by atoms with E-state index >= 15 is 0 Å². The highest BCUT2D eigenvalue weighted by atomic mass is 33.4. The minimum absolute atomic E-state index is 0.740. The van der Waals surface area contributed by atoms with Crippen molar-refractivity contribution in [3.8, 4) is 17.2 Å². The molecule has 3 rings (SSSR count). The molecule has 0 unspecified atom stereocenters. The molecule has 0 saturated carbocycles. The van der Waals surface area contributed by atoms with E-state index in [0.717, 1.165) is 46.5 Å². The average molecular weight is 581 g/mol. The van der Waals surface area contributed by atoms with Crippen LogP contribution in [-0.4, -0.2) is 33.9 Å². The smallest absolute Gasteiger partial charge is 0.128 e. The molecule has 0 N–H and O–H groups in total. The lowest BCUT2D eigenvalue weighted by molar-refractivity contribution is 0.414. The minimum Gasteiger partial charge on any atom is -0.497 e. The van der Waals surface area contributed by atoms with E-state index in [-0.39, 0.29) is 0 Å². The molecular weight excluding hydrogens is 560 g/mol. The highest BCUT2D eigenvalue weighted by Gasteiger charge is 2.23. The van der Waals surface area contributed by atoms with Crippen LogP contribution in [0.3, 0.4) is 0 Å². The first kappa shape index (κ1) is 27.4. The molecular formula is C24H21O3PS6. The molecule has 0 fully saturated rings. The van der Waals surface area contributed by atoms with Crippen LogP contribution in [0.1, 0.15) is 16.7 Å². The lowest BCUT2D eigenvalue weighted by atomic mass is 10.2. The molecule has 10 heteroatoms. The predicted octanol–water partition coefficient (Wildman–Crippen LogP) is 8.57. The van der Waals surface area contributed by atoms with Gasteiger partial charge in [-0.2, -0.15) is 0 Å². The van der Waals surface area contributed by atoms with Crippen molar-refractivity contribution < 1.29 is 14.2 Å². The molecule has 0 bridgehead atoms. The van der Waals surface area contributed by atoms with Gasteiger partial charge in [0.05, 0.1) is 39.4 Å². The molecule has 0 aliphatic carbocycles. The summed E-state index contributed by atoms with van der Waals surface area (Å²) in [7, 11) is 4.94. The molecule has 0 saturated heterocycles. The van der Waals surface area contributed by atoms with Gasteiger partial charge in [0.2, 0.25) is 0 Å². The third-order valence-electron chi connectivity index (χ3n) is 4.45. The molecule has 0 aromatic heterocycles. The van der Waals surface area contributed by atoms with Gasteiger partial charge in [0.1, 0.15) is 17.2 Å². The summed E-state index contributed by atoms with van der Waals surface area (Å²) >= 11 is 22.2. The largest absolute Gasteiger partial charge is 0.497 e. The summed E-state index contributed by atoms with van der Waals surface area (Å²) in [5, 5.41) is 0. The van der Waals surface area contributed by atoms with Gasteiger partial charge in [0.25, 0.3) is 0 Å². The highest BCUT2D eigenvalue weighted by molar-refractivity contribution is 9.19. The van der Waals surface area contributed by atoms with Crippen molar-refractivity contribution in [1.82, 2.24) is 0 Å². The van der Waals surface area contributed by atoms with Gasteiger partial charge in [0.15, 0.2) is 0 Å². The molecule has 34 heavy (non-hydrogen) atoms. The molecule has 0 aliphatic heterocycles. The number of ether oxygens (including phenoxy) is 3. The second kappa shape index (κ2) is 13.8. The fourth-order valence-electron chi connectivity index (χ4n) is 2.76. The lowest BCUT2D eigenvalue weighted by Gasteiger charge is -2.18. The van der Waals surface area contributed by atoms with Crippen LogP contribution in [0.25, 0.3) is 0 Å². The van der Waals surface area contributed by atoms with Crippen molar-refractivity contribution in [3.63, 3.8) is 0 Å². The first-order chi connectivity index (χ1) is 16.5. The molecule has 0 atom stereocenters. The van der Waals surface area contributed by atoms with E-state index in [0.29, 0.717) is 0 Å². The van der Waals surface area contributed by atoms with Gasteiger partial charge in [0, 0.05) is 11.1 Å². The number of thiocarbonyl (C=S) groups is 3. The highest BCUT2D eigenvalue weighted by Crippen LogP contribution is 2.72. The van der Waals surface area contributed by atoms with Crippen molar-refractivity contribution in [2.45, 2.75) is 0 Å². The summed E-state index contributed by atoms with van der Waals surface area (Å²) in [6.45, 7) is 0. The third-order valence-corrected chi connectivity index (χ3v) is 15.6. The molecule has 0 radical (unpaired) electrons. The monoisotopic (exact) mass is 580 g/mol. The Labute approximate surface area is 229 Å². The van der Waals surface area contributed by atoms with Crippen LogP contribution in [0.15, 0.2) is 72.8 Å². The van der Waals surface area contributed by atoms with Gasteiger partial charge < -0.3 is 14.2 Å². The predicted molar refractivity (Wildman–Crippen MR) is 164 cm³/mol. The zero-order valence-corrected chi connectivity index (χ0v) is 24.3. The van der Waals surface area contributed by atoms with Crippen molar-refractivity contribution in [1.29, 1.82) is 0 Å².